The third kappa shape index (κ3) is 1.75. The molecule has 2 aromatic heterocycles. The Morgan fingerprint density at radius 2 is 2.09 bits per heavy atom. The van der Waals surface area contributed by atoms with Gasteiger partial charge in [-0.15, -0.1) is 0 Å². The van der Waals surface area contributed by atoms with E-state index in [2.05, 4.69) is 36.1 Å². The number of hydrogen-bond donors (Lipinski definition) is 3. The third-order valence-corrected chi connectivity index (χ3v) is 4.29. The van der Waals surface area contributed by atoms with Crippen molar-refractivity contribution in [1.29, 1.82) is 0 Å². The number of rotatable bonds is 1. The summed E-state index contributed by atoms with van der Waals surface area (Å²) in [7, 11) is 0. The summed E-state index contributed by atoms with van der Waals surface area (Å²) >= 11 is 3.47. The van der Waals surface area contributed by atoms with Crippen LogP contribution in [0.5, 0.6) is 0 Å². The van der Waals surface area contributed by atoms with Crippen molar-refractivity contribution in [2.45, 2.75) is 0 Å². The van der Waals surface area contributed by atoms with Gasteiger partial charge in [0.1, 0.15) is 0 Å². The number of benzene rings is 2. The molecule has 0 unspecified atom stereocenters. The summed E-state index contributed by atoms with van der Waals surface area (Å²) < 4.78 is 0.721. The zero-order chi connectivity index (χ0) is 15.3. The molecule has 0 saturated heterocycles. The van der Waals surface area contributed by atoms with Crippen molar-refractivity contribution >= 4 is 43.4 Å². The molecule has 7 heteroatoms. The van der Waals surface area contributed by atoms with Crippen LogP contribution in [0.25, 0.3) is 32.9 Å². The summed E-state index contributed by atoms with van der Waals surface area (Å²) in [5, 5.41) is 8.32. The molecule has 0 radical (unpaired) electrons. The number of hydrogen-bond acceptors (Lipinski definition) is 4. The zero-order valence-electron chi connectivity index (χ0n) is 11.2. The lowest BCUT2D eigenvalue weighted by Gasteiger charge is -2.11. The molecule has 2 aromatic carbocycles. The van der Waals surface area contributed by atoms with Gasteiger partial charge in [-0.3, -0.25) is 9.89 Å². The Hall–Kier alpha value is -2.67. The minimum atomic E-state index is -0.260. The second-order valence-electron chi connectivity index (χ2n) is 4.91. The molecule has 0 aliphatic carbocycles. The maximum atomic E-state index is 12.1. The van der Waals surface area contributed by atoms with Crippen molar-refractivity contribution in [1.82, 2.24) is 20.2 Å². The average molecular weight is 356 g/mol. The van der Waals surface area contributed by atoms with E-state index in [-0.39, 0.29) is 5.56 Å². The van der Waals surface area contributed by atoms with Gasteiger partial charge in [-0.1, -0.05) is 12.1 Å². The standard InChI is InChI=1S/C15H10BrN5O/c16-10-4-8(7-2-1-3-11-9(7)5-20-21-11)13(17)12-14(10)18-6-19-15(12)22/h1-6H,17H2,(H,20,21)(H,18,19,22). The van der Waals surface area contributed by atoms with Crippen LogP contribution < -0.4 is 11.3 Å². The SMILES string of the molecule is Nc1c(-c2cccc3[nH]ncc23)cc(Br)c2nc[nH]c(=O)c12. The van der Waals surface area contributed by atoms with E-state index in [0.717, 1.165) is 26.5 Å². The van der Waals surface area contributed by atoms with Gasteiger partial charge in [0.25, 0.3) is 5.56 Å². The second kappa shape index (κ2) is 4.67. The van der Waals surface area contributed by atoms with E-state index in [1.54, 1.807) is 6.20 Å². The molecule has 0 bridgehead atoms. The van der Waals surface area contributed by atoms with Crippen LogP contribution in [0.15, 0.2) is 46.1 Å². The summed E-state index contributed by atoms with van der Waals surface area (Å²) in [4.78, 5) is 18.9. The summed E-state index contributed by atoms with van der Waals surface area (Å²) in [6.45, 7) is 0. The maximum Gasteiger partial charge on any atom is 0.260 e. The van der Waals surface area contributed by atoms with E-state index in [4.69, 9.17) is 5.73 Å². The van der Waals surface area contributed by atoms with E-state index in [1.165, 1.54) is 6.33 Å². The van der Waals surface area contributed by atoms with Crippen molar-refractivity contribution in [3.63, 3.8) is 0 Å². The van der Waals surface area contributed by atoms with Crippen LogP contribution in [0, 0.1) is 0 Å². The number of aromatic amines is 2. The molecule has 6 nitrogen and oxygen atoms in total. The fourth-order valence-corrected chi connectivity index (χ4v) is 3.19. The van der Waals surface area contributed by atoms with E-state index in [0.29, 0.717) is 16.6 Å². The minimum absolute atomic E-state index is 0.260. The molecule has 108 valence electrons. The molecular weight excluding hydrogens is 346 g/mol. The van der Waals surface area contributed by atoms with E-state index in [1.807, 2.05) is 24.3 Å². The number of fused-ring (bicyclic) bond motifs is 2. The van der Waals surface area contributed by atoms with Crippen LogP contribution in [-0.2, 0) is 0 Å². The van der Waals surface area contributed by atoms with Crippen LogP contribution in [0.4, 0.5) is 5.69 Å². The summed E-state index contributed by atoms with van der Waals surface area (Å²) in [5.74, 6) is 0. The number of anilines is 1. The number of halogens is 1. The fourth-order valence-electron chi connectivity index (χ4n) is 2.66. The number of nitrogens with one attached hydrogen (secondary N) is 2. The summed E-state index contributed by atoms with van der Waals surface area (Å²) in [6.07, 6.45) is 3.11. The van der Waals surface area contributed by atoms with Crippen molar-refractivity contribution in [2.75, 3.05) is 5.73 Å². The summed E-state index contributed by atoms with van der Waals surface area (Å²) in [5.41, 5.74) is 9.55. The van der Waals surface area contributed by atoms with Crippen LogP contribution in [0.2, 0.25) is 0 Å². The number of nitrogens with two attached hydrogens (primary N) is 1. The normalized spacial score (nSPS) is 11.3. The van der Waals surface area contributed by atoms with Crippen molar-refractivity contribution < 1.29 is 0 Å². The third-order valence-electron chi connectivity index (χ3n) is 3.68. The lowest BCUT2D eigenvalue weighted by molar-refractivity contribution is 1.12. The van der Waals surface area contributed by atoms with Gasteiger partial charge in [0.05, 0.1) is 34.6 Å². The number of H-pyrrole nitrogens is 2. The lowest BCUT2D eigenvalue weighted by Crippen LogP contribution is -2.10. The van der Waals surface area contributed by atoms with Crippen molar-refractivity contribution in [2.24, 2.45) is 0 Å². The zero-order valence-corrected chi connectivity index (χ0v) is 12.8. The first-order valence-corrected chi connectivity index (χ1v) is 7.34. The van der Waals surface area contributed by atoms with Crippen molar-refractivity contribution in [3.8, 4) is 11.1 Å². The highest BCUT2D eigenvalue weighted by Crippen LogP contribution is 2.37. The maximum absolute atomic E-state index is 12.1. The molecule has 0 atom stereocenters. The molecule has 22 heavy (non-hydrogen) atoms. The molecule has 0 amide bonds. The molecule has 4 N–H and O–H groups in total. The largest absolute Gasteiger partial charge is 0.398 e. The molecule has 4 rings (SSSR count). The second-order valence-corrected chi connectivity index (χ2v) is 5.77. The number of nitrogens with zero attached hydrogens (tertiary/aromatic N) is 2. The van der Waals surface area contributed by atoms with Gasteiger partial charge in [0.2, 0.25) is 0 Å². The van der Waals surface area contributed by atoms with Gasteiger partial charge in [-0.2, -0.15) is 5.10 Å². The van der Waals surface area contributed by atoms with E-state index >= 15 is 0 Å². The highest BCUT2D eigenvalue weighted by molar-refractivity contribution is 9.10. The first-order valence-electron chi connectivity index (χ1n) is 6.54. The van der Waals surface area contributed by atoms with E-state index < -0.39 is 0 Å². The monoisotopic (exact) mass is 355 g/mol. The molecular formula is C15H10BrN5O. The first-order chi connectivity index (χ1) is 10.7. The van der Waals surface area contributed by atoms with Crippen LogP contribution in [0.1, 0.15) is 0 Å². The van der Waals surface area contributed by atoms with Crippen LogP contribution >= 0.6 is 15.9 Å². The topological polar surface area (TPSA) is 100 Å². The van der Waals surface area contributed by atoms with Gasteiger partial charge >= 0.3 is 0 Å². The summed E-state index contributed by atoms with van der Waals surface area (Å²) in [6, 6.07) is 7.69. The van der Waals surface area contributed by atoms with Crippen LogP contribution in [-0.4, -0.2) is 20.2 Å². The van der Waals surface area contributed by atoms with Crippen molar-refractivity contribution in [3.05, 3.63) is 51.6 Å². The Balaban J connectivity index is 2.16. The Kier molecular flexibility index (Phi) is 2.77. The lowest BCUT2D eigenvalue weighted by atomic mass is 9.98. The van der Waals surface area contributed by atoms with Gasteiger partial charge < -0.3 is 10.7 Å². The molecule has 4 aromatic rings. The first kappa shape index (κ1) is 13.0. The Morgan fingerprint density at radius 3 is 2.95 bits per heavy atom. The Labute approximate surface area is 132 Å². The molecule has 0 aliphatic heterocycles. The minimum Gasteiger partial charge on any atom is -0.398 e. The number of nitrogen functional groups attached to an aromatic ring is 1. The Bertz CT molecular complexity index is 1080. The Morgan fingerprint density at radius 1 is 1.23 bits per heavy atom. The predicted molar refractivity (Wildman–Crippen MR) is 89.6 cm³/mol. The highest BCUT2D eigenvalue weighted by Gasteiger charge is 2.15. The van der Waals surface area contributed by atoms with E-state index in [9.17, 15) is 4.79 Å². The molecule has 0 aliphatic rings. The number of aromatic nitrogens is 4. The highest BCUT2D eigenvalue weighted by atomic mass is 79.9. The molecule has 0 saturated carbocycles. The molecule has 0 fully saturated rings. The van der Waals surface area contributed by atoms with Gasteiger partial charge in [-0.05, 0) is 33.6 Å². The van der Waals surface area contributed by atoms with Gasteiger partial charge in [0.15, 0.2) is 0 Å². The quantitative estimate of drug-likeness (QED) is 0.457. The van der Waals surface area contributed by atoms with Gasteiger partial charge in [0, 0.05) is 15.4 Å². The van der Waals surface area contributed by atoms with Gasteiger partial charge in [-0.25, -0.2) is 4.98 Å². The fraction of sp³-hybridized carbons (Fsp3) is 0. The molecule has 0 spiro atoms. The predicted octanol–water partition coefficient (Wildman–Crippen LogP) is 2.81. The van der Waals surface area contributed by atoms with Crippen LogP contribution in [0.3, 0.4) is 0 Å². The smallest absolute Gasteiger partial charge is 0.260 e. The average Bonchev–Trinajstić information content (AvgIpc) is 2.99. The molecule has 2 heterocycles.